The molecule has 0 bridgehead atoms. The SMILES string of the molecule is C=CCN(CCO)c1cc(SC)ncn1. The van der Waals surface area contributed by atoms with Gasteiger partial charge in [-0.25, -0.2) is 9.97 Å². The van der Waals surface area contributed by atoms with E-state index in [0.717, 1.165) is 10.8 Å². The maximum atomic E-state index is 8.93. The van der Waals surface area contributed by atoms with E-state index in [1.54, 1.807) is 17.8 Å². The molecule has 15 heavy (non-hydrogen) atoms. The van der Waals surface area contributed by atoms with Crippen LogP contribution in [0.1, 0.15) is 0 Å². The molecule has 5 heteroatoms. The van der Waals surface area contributed by atoms with Gasteiger partial charge in [0, 0.05) is 19.2 Å². The molecule has 0 saturated carbocycles. The van der Waals surface area contributed by atoms with E-state index in [-0.39, 0.29) is 6.61 Å². The summed E-state index contributed by atoms with van der Waals surface area (Å²) in [5.41, 5.74) is 0. The third kappa shape index (κ3) is 3.53. The lowest BCUT2D eigenvalue weighted by molar-refractivity contribution is 0.302. The first-order chi connectivity index (χ1) is 7.31. The molecule has 1 heterocycles. The summed E-state index contributed by atoms with van der Waals surface area (Å²) in [6, 6.07) is 1.91. The number of aliphatic hydroxyl groups is 1. The zero-order valence-corrected chi connectivity index (χ0v) is 9.57. The highest BCUT2D eigenvalue weighted by atomic mass is 32.2. The van der Waals surface area contributed by atoms with E-state index < -0.39 is 0 Å². The molecule has 0 saturated heterocycles. The minimum atomic E-state index is 0.104. The maximum Gasteiger partial charge on any atom is 0.133 e. The normalized spacial score (nSPS) is 10.0. The van der Waals surface area contributed by atoms with Crippen molar-refractivity contribution in [3.63, 3.8) is 0 Å². The molecular weight excluding hydrogens is 210 g/mol. The Morgan fingerprint density at radius 2 is 2.40 bits per heavy atom. The first kappa shape index (κ1) is 12.0. The molecule has 82 valence electrons. The van der Waals surface area contributed by atoms with Gasteiger partial charge in [0.2, 0.25) is 0 Å². The Labute approximate surface area is 94.0 Å². The fourth-order valence-electron chi connectivity index (χ4n) is 1.19. The number of aliphatic hydroxyl groups excluding tert-OH is 1. The molecule has 0 atom stereocenters. The van der Waals surface area contributed by atoms with E-state index in [0.29, 0.717) is 13.1 Å². The number of hydrogen-bond donors (Lipinski definition) is 1. The van der Waals surface area contributed by atoms with Crippen molar-refractivity contribution < 1.29 is 5.11 Å². The molecule has 0 radical (unpaired) electrons. The maximum absolute atomic E-state index is 8.93. The second-order valence-corrected chi connectivity index (χ2v) is 3.70. The predicted molar refractivity (Wildman–Crippen MR) is 63.3 cm³/mol. The zero-order valence-electron chi connectivity index (χ0n) is 8.76. The number of rotatable bonds is 6. The first-order valence-electron chi connectivity index (χ1n) is 4.64. The fraction of sp³-hybridized carbons (Fsp3) is 0.400. The highest BCUT2D eigenvalue weighted by Gasteiger charge is 2.06. The van der Waals surface area contributed by atoms with Crippen molar-refractivity contribution in [1.82, 2.24) is 9.97 Å². The minimum Gasteiger partial charge on any atom is -0.395 e. The lowest BCUT2D eigenvalue weighted by Gasteiger charge is -2.20. The van der Waals surface area contributed by atoms with Crippen LogP contribution in [0.3, 0.4) is 0 Å². The van der Waals surface area contributed by atoms with Crippen LogP contribution in [0.5, 0.6) is 0 Å². The summed E-state index contributed by atoms with van der Waals surface area (Å²) in [6.07, 6.45) is 5.29. The van der Waals surface area contributed by atoms with Crippen LogP contribution in [0.2, 0.25) is 0 Å². The zero-order chi connectivity index (χ0) is 11.1. The Bertz CT molecular complexity index is 319. The molecular formula is C10H15N3OS. The topological polar surface area (TPSA) is 49.2 Å². The molecule has 0 aliphatic heterocycles. The molecule has 0 aliphatic carbocycles. The van der Waals surface area contributed by atoms with E-state index in [4.69, 9.17) is 5.11 Å². The van der Waals surface area contributed by atoms with Crippen molar-refractivity contribution in [3.8, 4) is 0 Å². The molecule has 0 amide bonds. The summed E-state index contributed by atoms with van der Waals surface area (Å²) in [6.45, 7) is 5.01. The van der Waals surface area contributed by atoms with Crippen LogP contribution in [0.15, 0.2) is 30.1 Å². The van der Waals surface area contributed by atoms with Gasteiger partial charge >= 0.3 is 0 Å². The van der Waals surface area contributed by atoms with Crippen molar-refractivity contribution in [3.05, 3.63) is 25.0 Å². The van der Waals surface area contributed by atoms with Crippen molar-refractivity contribution in [1.29, 1.82) is 0 Å². The molecule has 0 aliphatic rings. The lowest BCUT2D eigenvalue weighted by Crippen LogP contribution is -2.27. The van der Waals surface area contributed by atoms with E-state index in [1.807, 2.05) is 17.2 Å². The van der Waals surface area contributed by atoms with Crippen LogP contribution in [0.4, 0.5) is 5.82 Å². The van der Waals surface area contributed by atoms with Crippen LogP contribution in [0.25, 0.3) is 0 Å². The van der Waals surface area contributed by atoms with Gasteiger partial charge in [-0.1, -0.05) is 6.08 Å². The van der Waals surface area contributed by atoms with Crippen LogP contribution < -0.4 is 4.90 Å². The van der Waals surface area contributed by atoms with Gasteiger partial charge in [0.15, 0.2) is 0 Å². The van der Waals surface area contributed by atoms with Crippen LogP contribution in [-0.4, -0.2) is 41.0 Å². The third-order valence-electron chi connectivity index (χ3n) is 1.88. The highest BCUT2D eigenvalue weighted by Crippen LogP contribution is 2.16. The molecule has 0 spiro atoms. The van der Waals surface area contributed by atoms with E-state index in [1.165, 1.54) is 6.33 Å². The summed E-state index contributed by atoms with van der Waals surface area (Å²) in [5.74, 6) is 0.823. The van der Waals surface area contributed by atoms with Crippen molar-refractivity contribution in [2.24, 2.45) is 0 Å². The number of thioether (sulfide) groups is 1. The first-order valence-corrected chi connectivity index (χ1v) is 5.87. The van der Waals surface area contributed by atoms with Crippen LogP contribution in [0, 0.1) is 0 Å². The van der Waals surface area contributed by atoms with Gasteiger partial charge < -0.3 is 10.0 Å². The van der Waals surface area contributed by atoms with Crippen molar-refractivity contribution in [2.75, 3.05) is 30.9 Å². The van der Waals surface area contributed by atoms with Crippen LogP contribution >= 0.6 is 11.8 Å². The van der Waals surface area contributed by atoms with E-state index >= 15 is 0 Å². The fourth-order valence-corrected chi connectivity index (χ4v) is 1.57. The van der Waals surface area contributed by atoms with Crippen molar-refractivity contribution >= 4 is 17.6 Å². The lowest BCUT2D eigenvalue weighted by atomic mass is 10.4. The smallest absolute Gasteiger partial charge is 0.133 e. The Morgan fingerprint density at radius 3 is 3.00 bits per heavy atom. The van der Waals surface area contributed by atoms with Gasteiger partial charge in [-0.2, -0.15) is 0 Å². The summed E-state index contributed by atoms with van der Waals surface area (Å²) in [5, 5.41) is 9.85. The Hall–Kier alpha value is -1.07. The molecule has 4 nitrogen and oxygen atoms in total. The second kappa shape index (κ2) is 6.42. The largest absolute Gasteiger partial charge is 0.395 e. The van der Waals surface area contributed by atoms with Gasteiger partial charge in [-0.3, -0.25) is 0 Å². The van der Waals surface area contributed by atoms with Gasteiger partial charge in [-0.15, -0.1) is 18.3 Å². The van der Waals surface area contributed by atoms with Gasteiger partial charge in [-0.05, 0) is 6.26 Å². The summed E-state index contributed by atoms with van der Waals surface area (Å²) in [4.78, 5) is 10.2. The van der Waals surface area contributed by atoms with E-state index in [9.17, 15) is 0 Å². The Balaban J connectivity index is 2.83. The minimum absolute atomic E-state index is 0.104. The summed E-state index contributed by atoms with van der Waals surface area (Å²) in [7, 11) is 0. The van der Waals surface area contributed by atoms with Gasteiger partial charge in [0.25, 0.3) is 0 Å². The van der Waals surface area contributed by atoms with Crippen molar-refractivity contribution in [2.45, 2.75) is 5.03 Å². The third-order valence-corrected chi connectivity index (χ3v) is 2.52. The van der Waals surface area contributed by atoms with Gasteiger partial charge in [0.1, 0.15) is 17.2 Å². The summed E-state index contributed by atoms with van der Waals surface area (Å²) >= 11 is 1.57. The Kier molecular flexibility index (Phi) is 5.14. The predicted octanol–water partition coefficient (Wildman–Crippen LogP) is 1.18. The standard InChI is InChI=1S/C10H15N3OS/c1-3-4-13(5-6-14)9-7-10(15-2)12-8-11-9/h3,7-8,14H,1,4-6H2,2H3. The Morgan fingerprint density at radius 1 is 1.60 bits per heavy atom. The van der Waals surface area contributed by atoms with Crippen LogP contribution in [-0.2, 0) is 0 Å². The quantitative estimate of drug-likeness (QED) is 0.447. The number of anilines is 1. The molecule has 0 fully saturated rings. The molecule has 1 aromatic heterocycles. The number of hydrogen-bond acceptors (Lipinski definition) is 5. The molecule has 1 aromatic rings. The number of aromatic nitrogens is 2. The average Bonchev–Trinajstić information content (AvgIpc) is 2.29. The molecule has 0 aromatic carbocycles. The average molecular weight is 225 g/mol. The highest BCUT2D eigenvalue weighted by molar-refractivity contribution is 7.98. The molecule has 0 unspecified atom stereocenters. The monoisotopic (exact) mass is 225 g/mol. The number of nitrogens with zero attached hydrogens (tertiary/aromatic N) is 3. The molecule has 1 rings (SSSR count). The summed E-state index contributed by atoms with van der Waals surface area (Å²) < 4.78 is 0. The van der Waals surface area contributed by atoms with E-state index in [2.05, 4.69) is 16.5 Å². The second-order valence-electron chi connectivity index (χ2n) is 2.88. The molecule has 1 N–H and O–H groups in total. The van der Waals surface area contributed by atoms with Gasteiger partial charge in [0.05, 0.1) is 6.61 Å².